The summed E-state index contributed by atoms with van der Waals surface area (Å²) in [5.74, 6) is 1.33. The van der Waals surface area contributed by atoms with E-state index in [0.717, 1.165) is 37.7 Å². The smallest absolute Gasteiger partial charge is 0.191 e. The van der Waals surface area contributed by atoms with Crippen molar-refractivity contribution in [3.63, 3.8) is 0 Å². The van der Waals surface area contributed by atoms with E-state index >= 15 is 0 Å². The Morgan fingerprint density at radius 1 is 1.35 bits per heavy atom. The van der Waals surface area contributed by atoms with Gasteiger partial charge in [0.05, 0.1) is 11.6 Å². The zero-order valence-corrected chi connectivity index (χ0v) is 16.5. The Labute approximate surface area is 156 Å². The molecule has 1 aromatic rings. The molecule has 0 aliphatic carbocycles. The Morgan fingerprint density at radius 2 is 2.13 bits per heavy atom. The van der Waals surface area contributed by atoms with Crippen molar-refractivity contribution < 1.29 is 4.74 Å². The first-order chi connectivity index (χ1) is 10.7. The van der Waals surface area contributed by atoms with E-state index in [9.17, 15) is 0 Å². The molecule has 0 aliphatic rings. The number of nitrogens with zero attached hydrogens (tertiary/aromatic N) is 2. The second-order valence-corrected chi connectivity index (χ2v) is 5.49. The van der Waals surface area contributed by atoms with Gasteiger partial charge in [-0.1, -0.05) is 26.0 Å². The highest BCUT2D eigenvalue weighted by molar-refractivity contribution is 14.0. The molecule has 0 heterocycles. The fraction of sp³-hybridized carbons (Fsp3) is 0.529. The standard InChI is InChI=1S/C17H26N4O.HI/c1-14(2)13-22-9-5-8-20-17(19-3)21-12-16-7-4-6-15(10-16)11-18;/h4,6-7,10,14H,5,8-9,12-13H2,1-3H3,(H2,19,20,21);1H. The summed E-state index contributed by atoms with van der Waals surface area (Å²) < 4.78 is 5.53. The van der Waals surface area contributed by atoms with E-state index in [1.54, 1.807) is 13.1 Å². The summed E-state index contributed by atoms with van der Waals surface area (Å²) in [4.78, 5) is 4.18. The molecule has 0 unspecified atom stereocenters. The van der Waals surface area contributed by atoms with Crippen molar-refractivity contribution in [1.82, 2.24) is 10.6 Å². The van der Waals surface area contributed by atoms with Crippen LogP contribution in [-0.4, -0.2) is 32.8 Å². The van der Waals surface area contributed by atoms with E-state index < -0.39 is 0 Å². The first-order valence-corrected chi connectivity index (χ1v) is 7.67. The molecule has 128 valence electrons. The van der Waals surface area contributed by atoms with Crippen LogP contribution in [-0.2, 0) is 11.3 Å². The molecule has 0 saturated carbocycles. The van der Waals surface area contributed by atoms with Gasteiger partial charge >= 0.3 is 0 Å². The van der Waals surface area contributed by atoms with Crippen molar-refractivity contribution in [1.29, 1.82) is 5.26 Å². The van der Waals surface area contributed by atoms with Gasteiger partial charge in [0.1, 0.15) is 0 Å². The Bertz CT molecular complexity index is 512. The number of rotatable bonds is 8. The highest BCUT2D eigenvalue weighted by atomic mass is 127. The van der Waals surface area contributed by atoms with Gasteiger partial charge in [-0.2, -0.15) is 5.26 Å². The van der Waals surface area contributed by atoms with Gasteiger partial charge in [0, 0.05) is 33.4 Å². The number of hydrogen-bond acceptors (Lipinski definition) is 3. The third-order valence-electron chi connectivity index (χ3n) is 2.95. The molecule has 0 radical (unpaired) electrons. The lowest BCUT2D eigenvalue weighted by atomic mass is 10.1. The minimum absolute atomic E-state index is 0. The first kappa shape index (κ1) is 21.7. The van der Waals surface area contributed by atoms with Crippen molar-refractivity contribution in [3.8, 4) is 6.07 Å². The molecule has 0 aliphatic heterocycles. The third kappa shape index (κ3) is 10.1. The molecule has 0 saturated heterocycles. The van der Waals surface area contributed by atoms with Crippen LogP contribution in [0.25, 0.3) is 0 Å². The molecule has 0 bridgehead atoms. The number of nitriles is 1. The van der Waals surface area contributed by atoms with Crippen LogP contribution >= 0.6 is 24.0 Å². The van der Waals surface area contributed by atoms with E-state index in [1.165, 1.54) is 0 Å². The molecule has 0 atom stereocenters. The molecular weight excluding hydrogens is 403 g/mol. The Morgan fingerprint density at radius 3 is 2.78 bits per heavy atom. The molecule has 1 rings (SSSR count). The summed E-state index contributed by atoms with van der Waals surface area (Å²) in [6.07, 6.45) is 0.942. The lowest BCUT2D eigenvalue weighted by molar-refractivity contribution is 0.108. The number of aliphatic imine (C=N–C) groups is 1. The van der Waals surface area contributed by atoms with Gasteiger partial charge in [-0.05, 0) is 30.0 Å². The monoisotopic (exact) mass is 430 g/mol. The SMILES string of the molecule is CN=C(NCCCOCC(C)C)NCc1cccc(C#N)c1.I. The summed E-state index contributed by atoms with van der Waals surface area (Å²) in [7, 11) is 1.75. The van der Waals surface area contributed by atoms with Gasteiger partial charge in [0.25, 0.3) is 0 Å². The molecule has 6 heteroatoms. The largest absolute Gasteiger partial charge is 0.381 e. The molecule has 23 heavy (non-hydrogen) atoms. The van der Waals surface area contributed by atoms with Crippen LogP contribution in [0.1, 0.15) is 31.4 Å². The molecule has 0 amide bonds. The van der Waals surface area contributed by atoms with Crippen molar-refractivity contribution in [2.75, 3.05) is 26.8 Å². The quantitative estimate of drug-likeness (QED) is 0.288. The van der Waals surface area contributed by atoms with Crippen LogP contribution in [0, 0.1) is 17.2 Å². The molecule has 1 aromatic carbocycles. The highest BCUT2D eigenvalue weighted by Crippen LogP contribution is 2.03. The van der Waals surface area contributed by atoms with Gasteiger partial charge in [0.2, 0.25) is 0 Å². The van der Waals surface area contributed by atoms with Crippen molar-refractivity contribution in [3.05, 3.63) is 35.4 Å². The van der Waals surface area contributed by atoms with Crippen molar-refractivity contribution in [2.45, 2.75) is 26.8 Å². The average molecular weight is 430 g/mol. The van der Waals surface area contributed by atoms with Gasteiger partial charge < -0.3 is 15.4 Å². The predicted octanol–water partition coefficient (Wildman–Crippen LogP) is 2.90. The lowest BCUT2D eigenvalue weighted by Crippen LogP contribution is -2.37. The van der Waals surface area contributed by atoms with Gasteiger partial charge in [-0.3, -0.25) is 4.99 Å². The van der Waals surface area contributed by atoms with Gasteiger partial charge in [-0.25, -0.2) is 0 Å². The highest BCUT2D eigenvalue weighted by Gasteiger charge is 1.99. The Hall–Kier alpha value is -1.33. The first-order valence-electron chi connectivity index (χ1n) is 7.67. The minimum atomic E-state index is 0. The number of nitrogens with one attached hydrogen (secondary N) is 2. The predicted molar refractivity (Wildman–Crippen MR) is 105 cm³/mol. The van der Waals surface area contributed by atoms with E-state index in [-0.39, 0.29) is 24.0 Å². The topological polar surface area (TPSA) is 69.4 Å². The molecule has 0 fully saturated rings. The Kier molecular flexibility index (Phi) is 12.4. The summed E-state index contributed by atoms with van der Waals surface area (Å²) in [6, 6.07) is 9.69. The average Bonchev–Trinajstić information content (AvgIpc) is 2.53. The summed E-state index contributed by atoms with van der Waals surface area (Å²) in [5.41, 5.74) is 1.73. The van der Waals surface area contributed by atoms with E-state index in [4.69, 9.17) is 10.00 Å². The summed E-state index contributed by atoms with van der Waals surface area (Å²) in [5, 5.41) is 15.4. The summed E-state index contributed by atoms with van der Waals surface area (Å²) in [6.45, 7) is 7.31. The summed E-state index contributed by atoms with van der Waals surface area (Å²) >= 11 is 0. The molecule has 2 N–H and O–H groups in total. The van der Waals surface area contributed by atoms with Crippen LogP contribution in [0.4, 0.5) is 0 Å². The van der Waals surface area contributed by atoms with E-state index in [0.29, 0.717) is 18.0 Å². The minimum Gasteiger partial charge on any atom is -0.381 e. The molecular formula is C17H27IN4O. The second kappa shape index (κ2) is 13.1. The van der Waals surface area contributed by atoms with Crippen LogP contribution in [0.5, 0.6) is 0 Å². The van der Waals surface area contributed by atoms with E-state index in [1.807, 2.05) is 18.2 Å². The lowest BCUT2D eigenvalue weighted by Gasteiger charge is -2.12. The number of guanidine groups is 1. The number of benzene rings is 1. The maximum Gasteiger partial charge on any atom is 0.191 e. The van der Waals surface area contributed by atoms with Crippen LogP contribution < -0.4 is 10.6 Å². The van der Waals surface area contributed by atoms with Crippen molar-refractivity contribution >= 4 is 29.9 Å². The Balaban J connectivity index is 0.00000484. The maximum absolute atomic E-state index is 8.89. The normalized spacial score (nSPS) is 10.8. The van der Waals surface area contributed by atoms with Gasteiger partial charge in [-0.15, -0.1) is 24.0 Å². The second-order valence-electron chi connectivity index (χ2n) is 5.49. The number of hydrogen-bond donors (Lipinski definition) is 2. The fourth-order valence-electron chi connectivity index (χ4n) is 1.86. The number of halogens is 1. The van der Waals surface area contributed by atoms with Gasteiger partial charge in [0.15, 0.2) is 5.96 Å². The van der Waals surface area contributed by atoms with Crippen LogP contribution in [0.3, 0.4) is 0 Å². The van der Waals surface area contributed by atoms with Crippen LogP contribution in [0.15, 0.2) is 29.3 Å². The van der Waals surface area contributed by atoms with Crippen LogP contribution in [0.2, 0.25) is 0 Å². The third-order valence-corrected chi connectivity index (χ3v) is 2.95. The molecule has 0 aromatic heterocycles. The molecule has 5 nitrogen and oxygen atoms in total. The number of ether oxygens (including phenoxy) is 1. The fourth-order valence-corrected chi connectivity index (χ4v) is 1.86. The zero-order chi connectivity index (χ0) is 16.2. The van der Waals surface area contributed by atoms with Crippen molar-refractivity contribution in [2.24, 2.45) is 10.9 Å². The zero-order valence-electron chi connectivity index (χ0n) is 14.1. The maximum atomic E-state index is 8.89. The van der Waals surface area contributed by atoms with E-state index in [2.05, 4.69) is 35.5 Å². The molecule has 0 spiro atoms.